The zero-order chi connectivity index (χ0) is 91.0. The molecule has 5 nitrogen and oxygen atoms in total. The molecule has 0 saturated carbocycles. The van der Waals surface area contributed by atoms with E-state index in [1.54, 1.807) is 11.1 Å². The van der Waals surface area contributed by atoms with Gasteiger partial charge in [0.05, 0.1) is 40.9 Å². The average Bonchev–Trinajstić information content (AvgIpc) is 1.57. The molecule has 129 heavy (non-hydrogen) atoms. The van der Waals surface area contributed by atoms with Crippen molar-refractivity contribution in [3.8, 4) is 85.8 Å². The van der Waals surface area contributed by atoms with Gasteiger partial charge in [-0.25, -0.2) is 9.78 Å². The first kappa shape index (κ1) is 107. The van der Waals surface area contributed by atoms with Crippen molar-refractivity contribution in [2.45, 2.75) is 443 Å². The molecule has 2 unspecified atom stereocenters. The molecule has 9 heterocycles. The van der Waals surface area contributed by atoms with Crippen molar-refractivity contribution in [3.63, 3.8) is 0 Å². The van der Waals surface area contributed by atoms with Gasteiger partial charge in [-0.2, -0.15) is 5.26 Å². The van der Waals surface area contributed by atoms with Crippen molar-refractivity contribution in [2.24, 2.45) is 11.8 Å². The van der Waals surface area contributed by atoms with Crippen LogP contribution in [0.2, 0.25) is 0 Å². The van der Waals surface area contributed by atoms with Crippen LogP contribution in [-0.2, 0) is 48.3 Å². The van der Waals surface area contributed by atoms with E-state index in [4.69, 9.17) is 19.2 Å². The van der Waals surface area contributed by atoms with Crippen molar-refractivity contribution < 1.29 is 19.2 Å². The van der Waals surface area contributed by atoms with Crippen molar-refractivity contribution >= 4 is 128 Å². The second kappa shape index (κ2) is 61.8. The molecule has 0 fully saturated rings. The third-order valence-electron chi connectivity index (χ3n) is 26.8. The number of hydrogen-bond donors (Lipinski definition) is 0. The minimum Gasteiger partial charge on any atom is -0.491 e. The van der Waals surface area contributed by atoms with Crippen molar-refractivity contribution in [1.29, 1.82) is 5.26 Å². The molecule has 0 N–H and O–H groups in total. The number of nitriles is 1. The predicted octanol–water partition coefficient (Wildman–Crippen LogP) is 42.3. The van der Waals surface area contributed by atoms with Crippen LogP contribution in [0.4, 0.5) is 0 Å². The number of benzene rings is 1. The second-order valence-corrected chi connectivity index (χ2v) is 47.5. The molecule has 9 aromatic heterocycles. The summed E-state index contributed by atoms with van der Waals surface area (Å²) in [5.41, 5.74) is 9.69. The van der Waals surface area contributed by atoms with E-state index in [-0.39, 0.29) is 6.61 Å². The van der Waals surface area contributed by atoms with Crippen molar-refractivity contribution in [2.75, 3.05) is 26.4 Å². The van der Waals surface area contributed by atoms with E-state index in [9.17, 15) is 5.26 Å². The van der Waals surface area contributed by atoms with Crippen LogP contribution in [0.15, 0.2) is 66.2 Å². The van der Waals surface area contributed by atoms with Crippen LogP contribution in [0.1, 0.15) is 440 Å². The first-order valence-corrected chi connectivity index (χ1v) is 60.3. The number of rotatable bonds is 74. The third-order valence-corrected chi connectivity index (χ3v) is 38.4. The largest absolute Gasteiger partial charge is 0.491 e. The van der Waals surface area contributed by atoms with Gasteiger partial charge in [-0.1, -0.05) is 339 Å². The lowest BCUT2D eigenvalue weighted by atomic mass is 10.0. The number of thiophene rings is 9. The number of unbranched alkanes of at least 4 members (excludes halogenated alkanes) is 37. The van der Waals surface area contributed by atoms with Crippen LogP contribution in [-0.4, -0.2) is 26.4 Å². The topological polar surface area (TPSA) is 60.7 Å². The fourth-order valence-corrected chi connectivity index (χ4v) is 29.8. The smallest absolute Gasteiger partial charge is 0.146 e. The molecule has 0 radical (unpaired) electrons. The highest BCUT2D eigenvalue weighted by molar-refractivity contribution is 7.32. The number of aryl methyl sites for hydroxylation is 7. The SMILES string of the molecule is CCCCCCCCOOC/C(C#N)=C/c1cc(CCCCCCCC)c(-c2cc(CCCCCCCC)c(-c3ccc(-c4sc(-c5sc(-c6cc7c(OCC(CC)CCCC)c8sc(-c9cc(CCCCCCCC)c(-c%10cc(CCCCCCCC)c(C)s%10)s9)cc8c(OCC(CC)CCCC)c7s6)cc5CCCCCCCC)cc4CCCCCCCC)s3)s2)s1. The Morgan fingerprint density at radius 3 is 0.977 bits per heavy atom. The second-order valence-electron chi connectivity index (χ2n) is 37.8. The Morgan fingerprint density at radius 1 is 0.302 bits per heavy atom. The normalized spacial score (nSPS) is 12.5. The maximum atomic E-state index is 10.5. The summed E-state index contributed by atoms with van der Waals surface area (Å²) in [7, 11) is 0. The lowest BCUT2D eigenvalue weighted by Gasteiger charge is -2.19. The maximum Gasteiger partial charge on any atom is 0.146 e. The zero-order valence-electron chi connectivity index (χ0n) is 82.7. The molecule has 0 aliphatic heterocycles. The van der Waals surface area contributed by atoms with Gasteiger partial charge < -0.3 is 9.47 Å². The summed E-state index contributed by atoms with van der Waals surface area (Å²) in [6.07, 6.45) is 71.8. The monoisotopic (exact) mass is 1920 g/mol. The van der Waals surface area contributed by atoms with Gasteiger partial charge in [-0.15, -0.1) is 102 Å². The first-order valence-electron chi connectivity index (χ1n) is 52.9. The highest BCUT2D eigenvalue weighted by atomic mass is 32.1. The fourth-order valence-electron chi connectivity index (χ4n) is 18.5. The van der Waals surface area contributed by atoms with E-state index < -0.39 is 0 Å². The summed E-state index contributed by atoms with van der Waals surface area (Å²) in [6, 6.07) is 28.2. The Kier molecular flexibility index (Phi) is 51.2. The van der Waals surface area contributed by atoms with Crippen molar-refractivity contribution in [1.82, 2.24) is 0 Å². The lowest BCUT2D eigenvalue weighted by Crippen LogP contribution is -2.12. The molecule has 0 aliphatic rings. The molecule has 0 saturated heterocycles. The Labute approximate surface area is 821 Å². The molecule has 14 heteroatoms. The van der Waals surface area contributed by atoms with E-state index in [1.807, 2.05) is 56.7 Å². The average molecular weight is 1920 g/mol. The van der Waals surface area contributed by atoms with Gasteiger partial charge in [0.2, 0.25) is 0 Å². The molecule has 10 rings (SSSR count). The number of nitrogens with zero attached hydrogens (tertiary/aromatic N) is 1. The summed E-state index contributed by atoms with van der Waals surface area (Å²) in [6.45, 7) is 30.3. The zero-order valence-corrected chi connectivity index (χ0v) is 90.0. The summed E-state index contributed by atoms with van der Waals surface area (Å²) < 4.78 is 17.8. The van der Waals surface area contributed by atoms with Crippen LogP contribution in [0.3, 0.4) is 0 Å². The standard InChI is InChI=1S/C115H169NO4S9/c1-13-24-33-40-47-54-63-89-74-104(121-85(89)12)112-91(65-56-49-42-35-26-15-3)75-100(124-112)102-79-96-107(117-82-86(22-10)61-31-20-8)115-97(108(114(96)126-102)118-83-87(23-11)62-32-21-9)80-103(127-115)101-76-92(66-57-50-43-36-27-16-4)113(125-101)106-78-94(68-59-52-45-38-29-18-6)110(129-106)99-70-69-98(123-99)109-93(67-58-51-44-37-28-17-5)77-105(128-109)111-90(64-55-48-41-34-25-14-2)73-95(122-111)72-88(81-116)84-120-119-71-60-53-46-39-30-19-7/h69-70,72-80,86-87H,13-68,71,82-84H2,1-12H3/b88-72+. The molecular formula is C115H169NO4S9. The molecule has 0 bridgehead atoms. The van der Waals surface area contributed by atoms with Gasteiger partial charge in [0.15, 0.2) is 0 Å². The van der Waals surface area contributed by atoms with E-state index in [1.165, 1.54) is 417 Å². The Balaban J connectivity index is 1.08. The van der Waals surface area contributed by atoms with E-state index >= 15 is 0 Å². The summed E-state index contributed by atoms with van der Waals surface area (Å²) in [5, 5.41) is 13.0. The first-order chi connectivity index (χ1) is 63.4. The number of ether oxygens (including phenoxy) is 2. The quantitative estimate of drug-likeness (QED) is 0.0165. The van der Waals surface area contributed by atoms with Crippen LogP contribution in [0, 0.1) is 30.1 Å². The van der Waals surface area contributed by atoms with E-state index in [2.05, 4.69) is 201 Å². The lowest BCUT2D eigenvalue weighted by molar-refractivity contribution is -0.287. The molecule has 0 amide bonds. The van der Waals surface area contributed by atoms with Crippen LogP contribution in [0.5, 0.6) is 11.5 Å². The number of hydrogen-bond acceptors (Lipinski definition) is 14. The molecule has 2 atom stereocenters. The van der Waals surface area contributed by atoms with Gasteiger partial charge in [0.1, 0.15) is 18.1 Å². The Bertz CT molecular complexity index is 4730. The minimum absolute atomic E-state index is 0.160. The Morgan fingerprint density at radius 2 is 0.605 bits per heavy atom. The highest BCUT2D eigenvalue weighted by Gasteiger charge is 2.29. The van der Waals surface area contributed by atoms with E-state index in [0.29, 0.717) is 24.0 Å². The Hall–Kier alpha value is -4.21. The molecule has 0 spiro atoms. The van der Waals surface area contributed by atoms with Gasteiger partial charge in [0, 0.05) is 88.8 Å². The molecule has 1 aromatic carbocycles. The predicted molar refractivity (Wildman–Crippen MR) is 584 cm³/mol. The summed E-state index contributed by atoms with van der Waals surface area (Å²) in [4.78, 5) is 33.9. The highest BCUT2D eigenvalue weighted by Crippen LogP contribution is 2.57. The van der Waals surface area contributed by atoms with Crippen LogP contribution in [0.25, 0.3) is 94.5 Å². The van der Waals surface area contributed by atoms with Gasteiger partial charge in [-0.05, 0) is 215 Å². The molecular weight excluding hydrogens is 1750 g/mol. The summed E-state index contributed by atoms with van der Waals surface area (Å²) in [5.74, 6) is 3.12. The van der Waals surface area contributed by atoms with Gasteiger partial charge >= 0.3 is 0 Å². The molecule has 0 aliphatic carbocycles. The number of fused-ring (bicyclic) bond motifs is 2. The fraction of sp³-hybridized carbons (Fsp3) is 0.643. The molecule has 10 aromatic rings. The molecule has 712 valence electrons. The minimum atomic E-state index is 0.160. The van der Waals surface area contributed by atoms with E-state index in [0.717, 1.165) is 87.4 Å². The van der Waals surface area contributed by atoms with Gasteiger partial charge in [-0.3, -0.25) is 0 Å². The summed E-state index contributed by atoms with van der Waals surface area (Å²) >= 11 is 18.2. The van der Waals surface area contributed by atoms with Crippen molar-refractivity contribution in [3.05, 3.63) is 109 Å². The van der Waals surface area contributed by atoms with Crippen LogP contribution < -0.4 is 9.47 Å². The maximum absolute atomic E-state index is 10.5. The van der Waals surface area contributed by atoms with Crippen LogP contribution >= 0.6 is 102 Å². The van der Waals surface area contributed by atoms with Gasteiger partial charge in [0.25, 0.3) is 0 Å². The third kappa shape index (κ3) is 34.2.